The number of halogens is 1. The Labute approximate surface area is 113 Å². The van der Waals surface area contributed by atoms with E-state index in [4.69, 9.17) is 17.4 Å². The van der Waals surface area contributed by atoms with Crippen molar-refractivity contribution in [3.05, 3.63) is 58.3 Å². The van der Waals surface area contributed by atoms with E-state index in [1.807, 2.05) is 0 Å². The van der Waals surface area contributed by atoms with Gasteiger partial charge in [0.15, 0.2) is 5.17 Å². The summed E-state index contributed by atoms with van der Waals surface area (Å²) >= 11 is 5.90. The lowest BCUT2D eigenvalue weighted by Gasteiger charge is -2.06. The molecule has 0 atom stereocenters. The number of hydrazone groups is 1. The van der Waals surface area contributed by atoms with Gasteiger partial charge in [-0.2, -0.15) is 5.10 Å². The van der Waals surface area contributed by atoms with E-state index in [1.54, 1.807) is 30.5 Å². The molecule has 0 amide bonds. The third-order valence-electron chi connectivity index (χ3n) is 2.49. The van der Waals surface area contributed by atoms with Gasteiger partial charge in [-0.1, -0.05) is 11.6 Å². The van der Waals surface area contributed by atoms with Crippen LogP contribution in [0.2, 0.25) is 0 Å². The zero-order chi connectivity index (χ0) is 13.8. The molecule has 0 spiro atoms. The minimum absolute atomic E-state index is 0.0137. The van der Waals surface area contributed by atoms with Gasteiger partial charge in [-0.25, -0.2) is 0 Å². The molecule has 1 aromatic carbocycles. The maximum Gasteiger partial charge on any atom is 0.269 e. The van der Waals surface area contributed by atoms with Crippen LogP contribution in [-0.4, -0.2) is 15.1 Å². The smallest absolute Gasteiger partial charge is 0.269 e. The van der Waals surface area contributed by atoms with E-state index in [-0.39, 0.29) is 10.9 Å². The van der Waals surface area contributed by atoms with Crippen molar-refractivity contribution in [3.8, 4) is 11.3 Å². The minimum Gasteiger partial charge on any atom is -0.322 e. The summed E-state index contributed by atoms with van der Waals surface area (Å²) in [5.41, 5.74) is 1.85. The van der Waals surface area contributed by atoms with Crippen LogP contribution in [-0.2, 0) is 0 Å². The summed E-state index contributed by atoms with van der Waals surface area (Å²) in [6.07, 6.45) is 1.60. The number of nitrogens with two attached hydrogens (primary N) is 1. The van der Waals surface area contributed by atoms with Crippen LogP contribution >= 0.6 is 11.6 Å². The van der Waals surface area contributed by atoms with E-state index in [0.29, 0.717) is 16.8 Å². The van der Waals surface area contributed by atoms with Crippen molar-refractivity contribution >= 4 is 22.5 Å². The third-order valence-corrected chi connectivity index (χ3v) is 2.80. The summed E-state index contributed by atoms with van der Waals surface area (Å²) in [7, 11) is 0. The normalized spacial score (nSPS) is 11.3. The molecule has 0 radical (unpaired) electrons. The van der Waals surface area contributed by atoms with Gasteiger partial charge in [0, 0.05) is 29.5 Å². The van der Waals surface area contributed by atoms with Crippen LogP contribution in [0.5, 0.6) is 0 Å². The summed E-state index contributed by atoms with van der Waals surface area (Å²) in [5.74, 6) is 5.15. The van der Waals surface area contributed by atoms with E-state index < -0.39 is 4.92 Å². The van der Waals surface area contributed by atoms with Gasteiger partial charge >= 0.3 is 0 Å². The molecule has 2 aromatic rings. The van der Waals surface area contributed by atoms with Gasteiger partial charge in [0.2, 0.25) is 0 Å². The van der Waals surface area contributed by atoms with Crippen LogP contribution in [0.1, 0.15) is 5.56 Å². The fourth-order valence-corrected chi connectivity index (χ4v) is 1.76. The van der Waals surface area contributed by atoms with Gasteiger partial charge in [0.05, 0.1) is 10.6 Å². The van der Waals surface area contributed by atoms with Crippen LogP contribution in [0.4, 0.5) is 5.69 Å². The molecular weight excluding hydrogens is 268 g/mol. The highest BCUT2D eigenvalue weighted by Crippen LogP contribution is 2.24. The van der Waals surface area contributed by atoms with E-state index in [0.717, 1.165) is 0 Å². The molecule has 96 valence electrons. The number of hydrogen-bond acceptors (Lipinski definition) is 5. The summed E-state index contributed by atoms with van der Waals surface area (Å²) < 4.78 is 0. The second kappa shape index (κ2) is 5.45. The van der Waals surface area contributed by atoms with Gasteiger partial charge in [0.1, 0.15) is 0 Å². The Hall–Kier alpha value is -2.47. The van der Waals surface area contributed by atoms with E-state index in [1.165, 1.54) is 12.1 Å². The van der Waals surface area contributed by atoms with Gasteiger partial charge in [-0.05, 0) is 24.3 Å². The summed E-state index contributed by atoms with van der Waals surface area (Å²) in [6, 6.07) is 9.44. The molecule has 1 heterocycles. The van der Waals surface area contributed by atoms with E-state index in [2.05, 4.69) is 10.1 Å². The minimum atomic E-state index is -0.461. The Bertz CT molecular complexity index is 640. The number of hydrogen-bond donors (Lipinski definition) is 1. The molecular formula is C12H9ClN4O2. The summed E-state index contributed by atoms with van der Waals surface area (Å²) in [4.78, 5) is 14.3. The number of rotatable bonds is 3. The Kier molecular flexibility index (Phi) is 3.72. The van der Waals surface area contributed by atoms with Crippen molar-refractivity contribution in [2.24, 2.45) is 10.9 Å². The Morgan fingerprint density at radius 3 is 2.58 bits per heavy atom. The van der Waals surface area contributed by atoms with Crippen LogP contribution < -0.4 is 5.84 Å². The Balaban J connectivity index is 2.50. The molecule has 6 nitrogen and oxygen atoms in total. The quantitative estimate of drug-likeness (QED) is 0.403. The van der Waals surface area contributed by atoms with Gasteiger partial charge in [-0.15, -0.1) is 0 Å². The largest absolute Gasteiger partial charge is 0.322 e. The second-order valence-electron chi connectivity index (χ2n) is 3.62. The molecule has 1 aromatic heterocycles. The first-order chi connectivity index (χ1) is 9.13. The molecule has 0 saturated heterocycles. The summed E-state index contributed by atoms with van der Waals surface area (Å²) in [5, 5.41) is 14.2. The highest BCUT2D eigenvalue weighted by molar-refractivity contribution is 6.70. The number of nitro groups is 1. The van der Waals surface area contributed by atoms with Gasteiger partial charge < -0.3 is 5.84 Å². The SMILES string of the molecule is N/N=C(\Cl)c1cccnc1-c1ccc([N+](=O)[O-])cc1. The van der Waals surface area contributed by atoms with Gasteiger partial charge in [-0.3, -0.25) is 15.1 Å². The molecule has 7 heteroatoms. The first-order valence-electron chi connectivity index (χ1n) is 5.27. The average Bonchev–Trinajstić information content (AvgIpc) is 2.46. The van der Waals surface area contributed by atoms with Gasteiger partial charge in [0.25, 0.3) is 5.69 Å². The Morgan fingerprint density at radius 2 is 2.00 bits per heavy atom. The molecule has 0 bridgehead atoms. The number of nitro benzene ring substituents is 1. The standard InChI is InChI=1S/C12H9ClN4O2/c13-12(16-14)10-2-1-7-15-11(10)8-3-5-9(6-4-8)17(18)19/h1-7H,14H2/b16-12-. The monoisotopic (exact) mass is 276 g/mol. The maximum atomic E-state index is 10.6. The Morgan fingerprint density at radius 1 is 1.32 bits per heavy atom. The molecule has 0 aliphatic rings. The molecule has 0 aliphatic heterocycles. The van der Waals surface area contributed by atoms with E-state index in [9.17, 15) is 10.1 Å². The molecule has 0 saturated carbocycles. The predicted octanol–water partition coefficient (Wildman–Crippen LogP) is 2.52. The van der Waals surface area contributed by atoms with E-state index >= 15 is 0 Å². The molecule has 2 N–H and O–H groups in total. The third kappa shape index (κ3) is 2.69. The zero-order valence-corrected chi connectivity index (χ0v) is 10.4. The lowest BCUT2D eigenvalue weighted by Crippen LogP contribution is -2.00. The summed E-state index contributed by atoms with van der Waals surface area (Å²) in [6.45, 7) is 0. The highest BCUT2D eigenvalue weighted by Gasteiger charge is 2.12. The lowest BCUT2D eigenvalue weighted by molar-refractivity contribution is -0.384. The first-order valence-corrected chi connectivity index (χ1v) is 5.65. The molecule has 0 aliphatic carbocycles. The number of benzene rings is 1. The highest BCUT2D eigenvalue weighted by atomic mass is 35.5. The van der Waals surface area contributed by atoms with Crippen LogP contribution in [0.3, 0.4) is 0 Å². The molecule has 0 unspecified atom stereocenters. The number of aromatic nitrogens is 1. The number of non-ortho nitro benzene ring substituents is 1. The average molecular weight is 277 g/mol. The maximum absolute atomic E-state index is 10.6. The van der Waals surface area contributed by atoms with Crippen LogP contribution in [0.25, 0.3) is 11.3 Å². The molecule has 19 heavy (non-hydrogen) atoms. The van der Waals surface area contributed by atoms with Crippen molar-refractivity contribution in [2.75, 3.05) is 0 Å². The predicted molar refractivity (Wildman–Crippen MR) is 72.9 cm³/mol. The topological polar surface area (TPSA) is 94.4 Å². The second-order valence-corrected chi connectivity index (χ2v) is 3.98. The van der Waals surface area contributed by atoms with Crippen molar-refractivity contribution < 1.29 is 4.92 Å². The molecule has 2 rings (SSSR count). The van der Waals surface area contributed by atoms with Crippen molar-refractivity contribution in [3.63, 3.8) is 0 Å². The fourth-order valence-electron chi connectivity index (χ4n) is 1.61. The van der Waals surface area contributed by atoms with Crippen molar-refractivity contribution in [1.29, 1.82) is 0 Å². The van der Waals surface area contributed by atoms with Crippen molar-refractivity contribution in [2.45, 2.75) is 0 Å². The lowest BCUT2D eigenvalue weighted by atomic mass is 10.1. The number of pyridine rings is 1. The van der Waals surface area contributed by atoms with Crippen LogP contribution in [0.15, 0.2) is 47.7 Å². The first kappa shape index (κ1) is 13.0. The zero-order valence-electron chi connectivity index (χ0n) is 9.65. The fraction of sp³-hybridized carbons (Fsp3) is 0. The molecule has 0 fully saturated rings. The van der Waals surface area contributed by atoms with Crippen molar-refractivity contribution in [1.82, 2.24) is 4.98 Å². The van der Waals surface area contributed by atoms with Crippen LogP contribution in [0, 0.1) is 10.1 Å². The number of nitrogens with zero attached hydrogens (tertiary/aromatic N) is 3.